The van der Waals surface area contributed by atoms with Gasteiger partial charge in [0.1, 0.15) is 0 Å². The number of fused-ring (bicyclic) bond motifs is 1. The number of carbonyl (C=O) groups excluding carboxylic acids is 2. The fourth-order valence-electron chi connectivity index (χ4n) is 4.50. The summed E-state index contributed by atoms with van der Waals surface area (Å²) in [5.41, 5.74) is 0.460. The lowest BCUT2D eigenvalue weighted by molar-refractivity contribution is -0.136. The molecule has 2 fully saturated rings. The van der Waals surface area contributed by atoms with E-state index in [1.807, 2.05) is 35.2 Å². The second-order valence-corrected chi connectivity index (χ2v) is 8.10. The van der Waals surface area contributed by atoms with Gasteiger partial charge in [-0.05, 0) is 12.3 Å². The topological polar surface area (TPSA) is 99.8 Å². The van der Waals surface area contributed by atoms with Crippen LogP contribution in [0.15, 0.2) is 34.9 Å². The highest BCUT2D eigenvalue weighted by atomic mass is 16.5. The number of aromatic nitrogens is 2. The maximum Gasteiger partial charge on any atom is 0.227 e. The van der Waals surface area contributed by atoms with Crippen molar-refractivity contribution in [1.82, 2.24) is 19.9 Å². The van der Waals surface area contributed by atoms with Gasteiger partial charge in [0.15, 0.2) is 0 Å². The first kappa shape index (κ1) is 19.6. The number of likely N-dealkylation sites (tertiary alicyclic amines) is 2. The molecule has 1 aromatic heterocycles. The molecule has 8 nitrogen and oxygen atoms in total. The van der Waals surface area contributed by atoms with Gasteiger partial charge in [-0.3, -0.25) is 9.59 Å². The Morgan fingerprint density at radius 3 is 2.72 bits per heavy atom. The van der Waals surface area contributed by atoms with Gasteiger partial charge < -0.3 is 19.4 Å². The van der Waals surface area contributed by atoms with Crippen LogP contribution in [0.5, 0.6) is 0 Å². The number of aliphatic hydroxyl groups is 1. The molecule has 29 heavy (non-hydrogen) atoms. The number of amides is 2. The average Bonchev–Trinajstić information content (AvgIpc) is 3.37. The zero-order valence-electron chi connectivity index (χ0n) is 16.6. The molecular weight excluding hydrogens is 372 g/mol. The third-order valence-corrected chi connectivity index (χ3v) is 6.23. The Bertz CT molecular complexity index is 884. The predicted molar refractivity (Wildman–Crippen MR) is 105 cm³/mol. The van der Waals surface area contributed by atoms with E-state index in [1.165, 1.54) is 0 Å². The molecule has 2 aliphatic heterocycles. The van der Waals surface area contributed by atoms with Gasteiger partial charge in [-0.25, -0.2) is 0 Å². The molecule has 2 saturated heterocycles. The van der Waals surface area contributed by atoms with Crippen LogP contribution in [0.4, 0.5) is 0 Å². The molecule has 154 valence electrons. The van der Waals surface area contributed by atoms with E-state index < -0.39 is 5.41 Å². The lowest BCUT2D eigenvalue weighted by Crippen LogP contribution is -2.52. The predicted octanol–water partition coefficient (Wildman–Crippen LogP) is 1.36. The van der Waals surface area contributed by atoms with Crippen molar-refractivity contribution in [1.29, 1.82) is 0 Å². The van der Waals surface area contributed by atoms with Crippen LogP contribution in [0, 0.1) is 11.3 Å². The maximum absolute atomic E-state index is 12.8. The highest BCUT2D eigenvalue weighted by Gasteiger charge is 2.50. The molecule has 0 radical (unpaired) electrons. The third-order valence-electron chi connectivity index (χ3n) is 6.23. The van der Waals surface area contributed by atoms with E-state index in [4.69, 9.17) is 4.52 Å². The zero-order chi connectivity index (χ0) is 20.4. The first-order valence-corrected chi connectivity index (χ1v) is 10.0. The Morgan fingerprint density at radius 1 is 1.24 bits per heavy atom. The molecule has 0 saturated carbocycles. The molecule has 0 spiro atoms. The van der Waals surface area contributed by atoms with Crippen LogP contribution in [0.2, 0.25) is 0 Å². The third kappa shape index (κ3) is 3.89. The van der Waals surface area contributed by atoms with Crippen molar-refractivity contribution >= 4 is 11.8 Å². The van der Waals surface area contributed by atoms with E-state index in [9.17, 15) is 14.7 Å². The molecule has 0 aliphatic carbocycles. The molecule has 2 aromatic rings. The number of aryl methyl sites for hydroxylation is 1. The van der Waals surface area contributed by atoms with Gasteiger partial charge in [0.25, 0.3) is 0 Å². The first-order valence-electron chi connectivity index (χ1n) is 10.0. The highest BCUT2D eigenvalue weighted by Crippen LogP contribution is 2.42. The number of aliphatic hydroxyl groups excluding tert-OH is 1. The molecule has 0 bridgehead atoms. The molecule has 3 heterocycles. The van der Waals surface area contributed by atoms with Crippen LogP contribution in [-0.4, -0.2) is 69.6 Å². The quantitative estimate of drug-likeness (QED) is 0.816. The van der Waals surface area contributed by atoms with Gasteiger partial charge in [-0.2, -0.15) is 4.98 Å². The van der Waals surface area contributed by atoms with Crippen molar-refractivity contribution < 1.29 is 19.2 Å². The Hall–Kier alpha value is -2.74. The number of rotatable bonds is 5. The number of hydrogen-bond donors (Lipinski definition) is 1. The fourth-order valence-corrected chi connectivity index (χ4v) is 4.50. The fraction of sp³-hybridized carbons (Fsp3) is 0.524. The second-order valence-electron chi connectivity index (χ2n) is 8.10. The van der Waals surface area contributed by atoms with Gasteiger partial charge >= 0.3 is 0 Å². The van der Waals surface area contributed by atoms with Crippen LogP contribution in [0.1, 0.15) is 25.7 Å². The highest BCUT2D eigenvalue weighted by molar-refractivity contribution is 5.77. The Morgan fingerprint density at radius 2 is 2.00 bits per heavy atom. The minimum absolute atomic E-state index is 0.0111. The normalized spacial score (nSPS) is 23.9. The number of carbonyl (C=O) groups is 2. The summed E-state index contributed by atoms with van der Waals surface area (Å²) in [6, 6.07) is 9.55. The minimum atomic E-state index is -0.412. The van der Waals surface area contributed by atoms with Crippen molar-refractivity contribution in [2.24, 2.45) is 11.3 Å². The second kappa shape index (κ2) is 7.94. The van der Waals surface area contributed by atoms with Gasteiger partial charge in [-0.15, -0.1) is 0 Å². The van der Waals surface area contributed by atoms with E-state index in [1.54, 1.807) is 11.8 Å². The number of hydrogen-bond acceptors (Lipinski definition) is 6. The molecule has 4 rings (SSSR count). The van der Waals surface area contributed by atoms with Crippen LogP contribution < -0.4 is 0 Å². The molecule has 2 amide bonds. The van der Waals surface area contributed by atoms with Crippen molar-refractivity contribution in [2.45, 2.75) is 26.2 Å². The molecule has 8 heteroatoms. The van der Waals surface area contributed by atoms with Crippen LogP contribution in [0.3, 0.4) is 0 Å². The summed E-state index contributed by atoms with van der Waals surface area (Å²) < 4.78 is 5.29. The summed E-state index contributed by atoms with van der Waals surface area (Å²) in [5.74, 6) is 1.23. The number of nitrogens with zero attached hydrogens (tertiary/aromatic N) is 4. The van der Waals surface area contributed by atoms with Crippen molar-refractivity contribution in [3.63, 3.8) is 0 Å². The van der Waals surface area contributed by atoms with E-state index in [0.29, 0.717) is 44.3 Å². The van der Waals surface area contributed by atoms with E-state index in [2.05, 4.69) is 10.1 Å². The van der Waals surface area contributed by atoms with Gasteiger partial charge in [0.2, 0.25) is 23.5 Å². The lowest BCUT2D eigenvalue weighted by Gasteiger charge is -2.43. The summed E-state index contributed by atoms with van der Waals surface area (Å²) in [6.07, 6.45) is 1.46. The van der Waals surface area contributed by atoms with Crippen molar-refractivity contribution in [3.8, 4) is 11.4 Å². The van der Waals surface area contributed by atoms with Gasteiger partial charge in [0.05, 0.1) is 6.61 Å². The molecule has 2 aliphatic rings. The summed E-state index contributed by atoms with van der Waals surface area (Å²) in [6.45, 7) is 3.85. The standard InChI is InChI=1S/C21H26N4O4/c1-15(27)25-11-17-9-10-24(12-21(17,13-25)14-26)19(28)8-7-18-22-20(23-29-18)16-5-3-2-4-6-16/h2-6,17,26H,7-14H2,1H3/t17-,21+/m1/s1. The summed E-state index contributed by atoms with van der Waals surface area (Å²) in [5, 5.41) is 14.0. The van der Waals surface area contributed by atoms with E-state index in [0.717, 1.165) is 12.0 Å². The average molecular weight is 398 g/mol. The number of benzene rings is 1. The largest absolute Gasteiger partial charge is 0.396 e. The smallest absolute Gasteiger partial charge is 0.227 e. The monoisotopic (exact) mass is 398 g/mol. The van der Waals surface area contributed by atoms with Crippen molar-refractivity contribution in [2.75, 3.05) is 32.8 Å². The minimum Gasteiger partial charge on any atom is -0.396 e. The van der Waals surface area contributed by atoms with E-state index in [-0.39, 0.29) is 30.8 Å². The SMILES string of the molecule is CC(=O)N1C[C@H]2CCN(C(=O)CCc3nc(-c4ccccc4)no3)C[C@@]2(CO)C1. The van der Waals surface area contributed by atoms with Crippen molar-refractivity contribution in [3.05, 3.63) is 36.2 Å². The van der Waals surface area contributed by atoms with Crippen LogP contribution >= 0.6 is 0 Å². The summed E-state index contributed by atoms with van der Waals surface area (Å²) in [4.78, 5) is 32.5. The molecular formula is C21H26N4O4. The van der Waals surface area contributed by atoms with Gasteiger partial charge in [-0.1, -0.05) is 35.5 Å². The summed E-state index contributed by atoms with van der Waals surface area (Å²) >= 11 is 0. The molecule has 0 unspecified atom stereocenters. The van der Waals surface area contributed by atoms with Gasteiger partial charge in [0, 0.05) is 56.9 Å². The molecule has 2 atom stereocenters. The summed E-state index contributed by atoms with van der Waals surface area (Å²) in [7, 11) is 0. The van der Waals surface area contributed by atoms with Crippen LogP contribution in [-0.2, 0) is 16.0 Å². The Balaban J connectivity index is 1.36. The lowest BCUT2D eigenvalue weighted by atomic mass is 9.74. The number of piperidine rings is 1. The Kier molecular flexibility index (Phi) is 5.36. The molecule has 1 N–H and O–H groups in total. The Labute approximate surface area is 169 Å². The maximum atomic E-state index is 12.8. The van der Waals surface area contributed by atoms with Crippen LogP contribution in [0.25, 0.3) is 11.4 Å². The molecule has 1 aromatic carbocycles. The zero-order valence-corrected chi connectivity index (χ0v) is 16.6. The van der Waals surface area contributed by atoms with E-state index >= 15 is 0 Å². The first-order chi connectivity index (χ1) is 14.0.